The molecule has 0 spiro atoms. The number of nitrogens with zero attached hydrogens (tertiary/aromatic N) is 3. The number of hydrogen-bond donors (Lipinski definition) is 0. The van der Waals surface area contributed by atoms with Crippen molar-refractivity contribution in [1.82, 2.24) is 14.7 Å². The van der Waals surface area contributed by atoms with E-state index in [0.29, 0.717) is 19.5 Å². The number of carbonyl (C=O) groups excluding carboxylic acids is 2. The van der Waals surface area contributed by atoms with E-state index in [2.05, 4.69) is 26.0 Å². The van der Waals surface area contributed by atoms with Crippen LogP contribution in [-0.2, 0) is 17.8 Å². The smallest absolute Gasteiger partial charge is 0.247 e. The van der Waals surface area contributed by atoms with Crippen LogP contribution >= 0.6 is 0 Å². The normalized spacial score (nSPS) is 20.2. The monoisotopic (exact) mass is 405 g/mol. The van der Waals surface area contributed by atoms with Gasteiger partial charge < -0.3 is 4.90 Å². The van der Waals surface area contributed by atoms with Gasteiger partial charge in [-0.2, -0.15) is 5.10 Å². The van der Waals surface area contributed by atoms with Crippen LogP contribution in [0, 0.1) is 5.41 Å². The molecule has 0 unspecified atom stereocenters. The Morgan fingerprint density at radius 2 is 1.93 bits per heavy atom. The van der Waals surface area contributed by atoms with Crippen molar-refractivity contribution >= 4 is 11.7 Å². The zero-order chi connectivity index (χ0) is 21.5. The van der Waals surface area contributed by atoms with Crippen LogP contribution < -0.4 is 0 Å². The molecule has 1 saturated heterocycles. The van der Waals surface area contributed by atoms with Gasteiger partial charge in [-0.1, -0.05) is 49.8 Å². The third kappa shape index (κ3) is 3.98. The summed E-state index contributed by atoms with van der Waals surface area (Å²) >= 11 is 0. The van der Waals surface area contributed by atoms with E-state index >= 15 is 0 Å². The lowest BCUT2D eigenvalue weighted by Crippen LogP contribution is -2.32. The van der Waals surface area contributed by atoms with Crippen LogP contribution in [0.4, 0.5) is 0 Å². The number of likely N-dealkylation sites (tertiary alicyclic amines) is 1. The largest absolute Gasteiger partial charge is 0.330 e. The lowest BCUT2D eigenvalue weighted by Gasteiger charge is -2.30. The highest BCUT2D eigenvalue weighted by molar-refractivity contribution is 6.00. The maximum atomic E-state index is 13.2. The molecule has 0 radical (unpaired) electrons. The fraction of sp³-hybridized carbons (Fsp3) is 0.480. The summed E-state index contributed by atoms with van der Waals surface area (Å²) in [7, 11) is 0. The molecule has 0 saturated carbocycles. The van der Waals surface area contributed by atoms with Gasteiger partial charge in [0, 0.05) is 19.0 Å². The molecule has 1 aliphatic heterocycles. The summed E-state index contributed by atoms with van der Waals surface area (Å²) in [6, 6.07) is 10.1. The standard InChI is InChI=1S/C25H31N3O2/c1-17(2)13-22(30)27-12-8-11-19(27)24-23-20(14-25(3,4)15-21(23)29)28(26-24)16-18-9-6-5-7-10-18/h5-7,9-10,13,19H,8,11-12,14-16H2,1-4H3/t19-/m1/s1. The summed E-state index contributed by atoms with van der Waals surface area (Å²) in [6.45, 7) is 9.52. The van der Waals surface area contributed by atoms with Crippen LogP contribution in [0.5, 0.6) is 0 Å². The van der Waals surface area contributed by atoms with Gasteiger partial charge in [0.2, 0.25) is 5.91 Å². The molecule has 0 N–H and O–H groups in total. The number of carbonyl (C=O) groups is 2. The van der Waals surface area contributed by atoms with E-state index in [-0.39, 0.29) is 23.1 Å². The van der Waals surface area contributed by atoms with E-state index in [1.807, 2.05) is 41.6 Å². The molecule has 1 atom stereocenters. The first-order valence-electron chi connectivity index (χ1n) is 10.9. The third-order valence-electron chi connectivity index (χ3n) is 6.09. The van der Waals surface area contributed by atoms with Gasteiger partial charge in [-0.05, 0) is 44.1 Å². The lowest BCUT2D eigenvalue weighted by atomic mass is 9.75. The van der Waals surface area contributed by atoms with Crippen molar-refractivity contribution in [1.29, 1.82) is 0 Å². The van der Waals surface area contributed by atoms with E-state index in [9.17, 15) is 9.59 Å². The Bertz CT molecular complexity index is 997. The van der Waals surface area contributed by atoms with Crippen molar-refractivity contribution in [2.45, 2.75) is 66.0 Å². The summed E-state index contributed by atoms with van der Waals surface area (Å²) in [4.78, 5) is 27.9. The quantitative estimate of drug-likeness (QED) is 0.692. The first-order chi connectivity index (χ1) is 14.2. The molecule has 1 aromatic heterocycles. The summed E-state index contributed by atoms with van der Waals surface area (Å²) in [5.74, 6) is 0.185. The van der Waals surface area contributed by atoms with Crippen LogP contribution in [0.25, 0.3) is 0 Å². The number of benzene rings is 1. The second-order valence-corrected chi connectivity index (χ2v) is 9.70. The zero-order valence-corrected chi connectivity index (χ0v) is 18.4. The number of fused-ring (bicyclic) bond motifs is 1. The highest BCUT2D eigenvalue weighted by Crippen LogP contribution is 2.41. The van der Waals surface area contributed by atoms with E-state index < -0.39 is 0 Å². The maximum absolute atomic E-state index is 13.2. The Labute approximate surface area is 178 Å². The van der Waals surface area contributed by atoms with Crippen LogP contribution in [-0.4, -0.2) is 32.9 Å². The van der Waals surface area contributed by atoms with Crippen LogP contribution in [0.15, 0.2) is 42.0 Å². The van der Waals surface area contributed by atoms with Gasteiger partial charge in [0.25, 0.3) is 0 Å². The SMILES string of the molecule is CC(C)=CC(=O)N1CCC[C@@H]1c1nn(Cc2ccccc2)c2c1C(=O)CC(C)(C)C2. The van der Waals surface area contributed by atoms with Gasteiger partial charge in [0.05, 0.1) is 29.5 Å². The molecule has 5 heteroatoms. The Balaban J connectivity index is 1.78. The van der Waals surface area contributed by atoms with Gasteiger partial charge in [0.15, 0.2) is 5.78 Å². The molecule has 1 aromatic carbocycles. The molecule has 4 rings (SSSR count). The average Bonchev–Trinajstić information content (AvgIpc) is 3.26. The van der Waals surface area contributed by atoms with Crippen molar-refractivity contribution in [3.63, 3.8) is 0 Å². The molecule has 1 fully saturated rings. The summed E-state index contributed by atoms with van der Waals surface area (Å²) in [5.41, 5.74) is 4.66. The fourth-order valence-corrected chi connectivity index (χ4v) is 4.80. The van der Waals surface area contributed by atoms with Crippen LogP contribution in [0.3, 0.4) is 0 Å². The Morgan fingerprint density at radius 3 is 2.63 bits per heavy atom. The molecule has 5 nitrogen and oxygen atoms in total. The predicted molar refractivity (Wildman–Crippen MR) is 117 cm³/mol. The van der Waals surface area contributed by atoms with Crippen molar-refractivity contribution in [2.75, 3.05) is 6.54 Å². The second-order valence-electron chi connectivity index (χ2n) is 9.70. The van der Waals surface area contributed by atoms with Crippen molar-refractivity contribution in [2.24, 2.45) is 5.41 Å². The van der Waals surface area contributed by atoms with E-state index in [0.717, 1.165) is 47.4 Å². The Kier molecular flexibility index (Phi) is 5.39. The van der Waals surface area contributed by atoms with Crippen LogP contribution in [0.1, 0.15) is 80.3 Å². The highest BCUT2D eigenvalue weighted by Gasteiger charge is 2.41. The maximum Gasteiger partial charge on any atom is 0.247 e. The van der Waals surface area contributed by atoms with E-state index in [1.54, 1.807) is 6.08 Å². The van der Waals surface area contributed by atoms with E-state index in [4.69, 9.17) is 5.10 Å². The number of Topliss-reactive ketones (excluding diaryl/α,β-unsaturated/α-hetero) is 1. The molecular weight excluding hydrogens is 374 g/mol. The molecule has 30 heavy (non-hydrogen) atoms. The lowest BCUT2D eigenvalue weighted by molar-refractivity contribution is -0.127. The minimum absolute atomic E-state index is 0.0208. The van der Waals surface area contributed by atoms with Crippen molar-refractivity contribution in [3.8, 4) is 0 Å². The number of ketones is 1. The number of hydrogen-bond acceptors (Lipinski definition) is 3. The summed E-state index contributed by atoms with van der Waals surface area (Å²) in [6.07, 6.45) is 4.83. The zero-order valence-electron chi connectivity index (χ0n) is 18.4. The van der Waals surface area contributed by atoms with Gasteiger partial charge in [-0.15, -0.1) is 0 Å². The van der Waals surface area contributed by atoms with Gasteiger partial charge in [-0.25, -0.2) is 0 Å². The fourth-order valence-electron chi connectivity index (χ4n) is 4.80. The predicted octanol–water partition coefficient (Wildman–Crippen LogP) is 4.72. The number of aromatic nitrogens is 2. The molecular formula is C25H31N3O2. The minimum Gasteiger partial charge on any atom is -0.330 e. The molecule has 0 bridgehead atoms. The summed E-state index contributed by atoms with van der Waals surface area (Å²) < 4.78 is 2.01. The van der Waals surface area contributed by atoms with Gasteiger partial charge >= 0.3 is 0 Å². The van der Waals surface area contributed by atoms with E-state index in [1.165, 1.54) is 0 Å². The first-order valence-corrected chi connectivity index (χ1v) is 10.9. The molecule has 1 amide bonds. The Morgan fingerprint density at radius 1 is 1.20 bits per heavy atom. The number of amides is 1. The molecule has 2 aromatic rings. The topological polar surface area (TPSA) is 55.2 Å². The van der Waals surface area contributed by atoms with Gasteiger partial charge in [0.1, 0.15) is 0 Å². The highest BCUT2D eigenvalue weighted by atomic mass is 16.2. The molecule has 2 heterocycles. The Hall–Kier alpha value is -2.69. The second kappa shape index (κ2) is 7.86. The molecule has 158 valence electrons. The van der Waals surface area contributed by atoms with Crippen molar-refractivity contribution < 1.29 is 9.59 Å². The minimum atomic E-state index is -0.121. The third-order valence-corrected chi connectivity index (χ3v) is 6.09. The molecule has 1 aliphatic carbocycles. The van der Waals surface area contributed by atoms with Crippen molar-refractivity contribution in [3.05, 3.63) is 64.5 Å². The average molecular weight is 406 g/mol. The first kappa shape index (κ1) is 20.6. The van der Waals surface area contributed by atoms with Crippen LogP contribution in [0.2, 0.25) is 0 Å². The number of allylic oxidation sites excluding steroid dienone is 1. The molecule has 2 aliphatic rings. The summed E-state index contributed by atoms with van der Waals surface area (Å²) in [5, 5.41) is 4.98. The van der Waals surface area contributed by atoms with Gasteiger partial charge in [-0.3, -0.25) is 14.3 Å². The number of rotatable bonds is 4.